The summed E-state index contributed by atoms with van der Waals surface area (Å²) >= 11 is 0. The molecule has 38 heavy (non-hydrogen) atoms. The largest absolute Gasteiger partial charge is 0.378 e. The number of ether oxygens (including phenoxy) is 1. The molecular formula is C27H22N10O. The first-order valence-corrected chi connectivity index (χ1v) is 12.3. The zero-order valence-electron chi connectivity index (χ0n) is 20.3. The molecule has 6 aromatic rings. The van der Waals surface area contributed by atoms with E-state index in [0.717, 1.165) is 63.7 Å². The van der Waals surface area contributed by atoms with Gasteiger partial charge in [0.15, 0.2) is 11.5 Å². The number of aromatic amines is 1. The van der Waals surface area contributed by atoms with E-state index in [2.05, 4.69) is 47.0 Å². The van der Waals surface area contributed by atoms with Crippen LogP contribution in [0, 0.1) is 0 Å². The Morgan fingerprint density at radius 2 is 1.76 bits per heavy atom. The molecule has 0 bridgehead atoms. The van der Waals surface area contributed by atoms with Crippen LogP contribution in [0.5, 0.6) is 0 Å². The van der Waals surface area contributed by atoms with Crippen molar-refractivity contribution in [3.63, 3.8) is 0 Å². The van der Waals surface area contributed by atoms with Gasteiger partial charge in [0, 0.05) is 48.2 Å². The lowest BCUT2D eigenvalue weighted by atomic mass is 10.1. The van der Waals surface area contributed by atoms with Gasteiger partial charge in [-0.2, -0.15) is 5.21 Å². The Hall–Kier alpha value is -5.03. The lowest BCUT2D eigenvalue weighted by Gasteiger charge is -2.28. The first-order chi connectivity index (χ1) is 18.8. The van der Waals surface area contributed by atoms with Gasteiger partial charge in [0.25, 0.3) is 0 Å². The van der Waals surface area contributed by atoms with E-state index in [9.17, 15) is 0 Å². The monoisotopic (exact) mass is 502 g/mol. The predicted octanol–water partition coefficient (Wildman–Crippen LogP) is 3.53. The number of nitrogens with zero attached hydrogens (tertiary/aromatic N) is 9. The highest BCUT2D eigenvalue weighted by molar-refractivity contribution is 5.81. The Kier molecular flexibility index (Phi) is 5.52. The fraction of sp³-hybridized carbons (Fsp3) is 0.148. The number of H-pyrrole nitrogens is 1. The van der Waals surface area contributed by atoms with Crippen molar-refractivity contribution in [1.82, 2.24) is 45.0 Å². The fourth-order valence-corrected chi connectivity index (χ4v) is 4.61. The van der Waals surface area contributed by atoms with Gasteiger partial charge in [0.2, 0.25) is 5.82 Å². The maximum atomic E-state index is 5.56. The lowest BCUT2D eigenvalue weighted by molar-refractivity contribution is 0.122. The maximum absolute atomic E-state index is 5.56. The molecule has 1 saturated heterocycles. The van der Waals surface area contributed by atoms with Gasteiger partial charge in [-0.15, -0.1) is 10.2 Å². The predicted molar refractivity (Wildman–Crippen MR) is 143 cm³/mol. The SMILES string of the molecule is C(=Cc1cn2c(-c3cncc(-c4nn[nH]n4)c3)cnc(N3CCOCC3)c2n1)c1ccc2ccccc2n1. The Bertz CT molecular complexity index is 1770. The first-order valence-electron chi connectivity index (χ1n) is 12.3. The van der Waals surface area contributed by atoms with Gasteiger partial charge >= 0.3 is 0 Å². The van der Waals surface area contributed by atoms with Crippen LogP contribution >= 0.6 is 0 Å². The molecule has 0 radical (unpaired) electrons. The van der Waals surface area contributed by atoms with Crippen LogP contribution in [0.2, 0.25) is 0 Å². The van der Waals surface area contributed by atoms with Crippen molar-refractivity contribution < 1.29 is 4.74 Å². The molecule has 5 aromatic heterocycles. The summed E-state index contributed by atoms with van der Waals surface area (Å²) < 4.78 is 7.61. The molecule has 11 heteroatoms. The van der Waals surface area contributed by atoms with Crippen molar-refractivity contribution >= 4 is 34.5 Å². The van der Waals surface area contributed by atoms with Crippen LogP contribution in [-0.2, 0) is 4.74 Å². The van der Waals surface area contributed by atoms with Crippen molar-refractivity contribution in [2.45, 2.75) is 0 Å². The number of anilines is 1. The molecule has 186 valence electrons. The van der Waals surface area contributed by atoms with Gasteiger partial charge in [-0.1, -0.05) is 24.3 Å². The van der Waals surface area contributed by atoms with Crippen molar-refractivity contribution in [2.24, 2.45) is 0 Å². The van der Waals surface area contributed by atoms with E-state index >= 15 is 0 Å². The number of benzene rings is 1. The smallest absolute Gasteiger partial charge is 0.206 e. The normalized spacial score (nSPS) is 14.2. The summed E-state index contributed by atoms with van der Waals surface area (Å²) in [5, 5.41) is 15.4. The number of hydrogen-bond donors (Lipinski definition) is 1. The zero-order chi connectivity index (χ0) is 25.3. The number of nitrogens with one attached hydrogen (secondary N) is 1. The molecule has 0 amide bonds. The first kappa shape index (κ1) is 22.2. The van der Waals surface area contributed by atoms with E-state index in [-0.39, 0.29) is 0 Å². The highest BCUT2D eigenvalue weighted by atomic mass is 16.5. The Morgan fingerprint density at radius 3 is 2.66 bits per heavy atom. The standard InChI is InChI=1S/C27H22N10O/c1-2-4-23-18(3-1)5-6-21(30-23)7-8-22-17-37-24(19-13-20(15-28-14-19)25-32-34-35-33-25)16-29-26(27(37)31-22)36-9-11-38-12-10-36/h1-8,13-17H,9-12H2,(H,32,33,34,35). The summed E-state index contributed by atoms with van der Waals surface area (Å²) in [6.07, 6.45) is 11.3. The maximum Gasteiger partial charge on any atom is 0.206 e. The summed E-state index contributed by atoms with van der Waals surface area (Å²) in [6.45, 7) is 2.84. The van der Waals surface area contributed by atoms with Crippen LogP contribution in [0.4, 0.5) is 5.82 Å². The van der Waals surface area contributed by atoms with E-state index in [1.165, 1.54) is 0 Å². The van der Waals surface area contributed by atoms with Crippen LogP contribution < -0.4 is 4.90 Å². The summed E-state index contributed by atoms with van der Waals surface area (Å²) in [6, 6.07) is 14.1. The van der Waals surface area contributed by atoms with Crippen LogP contribution in [0.1, 0.15) is 11.4 Å². The summed E-state index contributed by atoms with van der Waals surface area (Å²) in [7, 11) is 0. The van der Waals surface area contributed by atoms with Gasteiger partial charge in [-0.3, -0.25) is 9.38 Å². The van der Waals surface area contributed by atoms with Crippen LogP contribution in [0.15, 0.2) is 67.3 Å². The Morgan fingerprint density at radius 1 is 0.895 bits per heavy atom. The van der Waals surface area contributed by atoms with Gasteiger partial charge in [-0.05, 0) is 35.6 Å². The molecule has 0 atom stereocenters. The summed E-state index contributed by atoms with van der Waals surface area (Å²) in [5.41, 5.74) is 5.85. The average molecular weight is 503 g/mol. The number of para-hydroxylation sites is 1. The number of fused-ring (bicyclic) bond motifs is 2. The minimum atomic E-state index is 0.477. The van der Waals surface area contributed by atoms with Crippen LogP contribution in [0.3, 0.4) is 0 Å². The van der Waals surface area contributed by atoms with E-state index < -0.39 is 0 Å². The van der Waals surface area contributed by atoms with E-state index in [1.807, 2.05) is 54.9 Å². The van der Waals surface area contributed by atoms with Crippen LogP contribution in [-0.4, -0.2) is 71.3 Å². The molecule has 0 saturated carbocycles. The van der Waals surface area contributed by atoms with Crippen molar-refractivity contribution in [1.29, 1.82) is 0 Å². The molecule has 6 heterocycles. The van der Waals surface area contributed by atoms with Crippen molar-refractivity contribution in [2.75, 3.05) is 31.2 Å². The molecule has 11 nitrogen and oxygen atoms in total. The highest BCUT2D eigenvalue weighted by Crippen LogP contribution is 2.28. The third-order valence-electron chi connectivity index (χ3n) is 6.49. The van der Waals surface area contributed by atoms with Gasteiger partial charge in [-0.25, -0.2) is 15.0 Å². The fourth-order valence-electron chi connectivity index (χ4n) is 4.61. The van der Waals surface area contributed by atoms with Crippen molar-refractivity contribution in [3.8, 4) is 22.6 Å². The molecule has 1 aromatic carbocycles. The minimum Gasteiger partial charge on any atom is -0.378 e. The molecule has 1 aliphatic rings. The summed E-state index contributed by atoms with van der Waals surface area (Å²) in [4.78, 5) is 21.2. The minimum absolute atomic E-state index is 0.477. The lowest BCUT2D eigenvalue weighted by Crippen LogP contribution is -2.37. The van der Waals surface area contributed by atoms with Gasteiger partial charge < -0.3 is 9.64 Å². The third kappa shape index (κ3) is 4.14. The number of tetrazole rings is 1. The van der Waals surface area contributed by atoms with E-state index in [0.29, 0.717) is 19.0 Å². The van der Waals surface area contributed by atoms with E-state index in [4.69, 9.17) is 19.7 Å². The molecule has 7 rings (SSSR count). The topological polar surface area (TPSA) is 123 Å². The van der Waals surface area contributed by atoms with Crippen LogP contribution in [0.25, 0.3) is 51.3 Å². The molecule has 0 unspecified atom stereocenters. The molecular weight excluding hydrogens is 480 g/mol. The van der Waals surface area contributed by atoms with Gasteiger partial charge in [0.1, 0.15) is 0 Å². The zero-order valence-corrected chi connectivity index (χ0v) is 20.3. The Labute approximate surface area is 216 Å². The number of morpholine rings is 1. The van der Waals surface area contributed by atoms with Gasteiger partial charge in [0.05, 0.1) is 42.0 Å². The molecule has 1 fully saturated rings. The quantitative estimate of drug-likeness (QED) is 0.377. The Balaban J connectivity index is 1.32. The molecule has 0 aliphatic carbocycles. The third-order valence-corrected chi connectivity index (χ3v) is 6.49. The number of imidazole rings is 1. The number of pyridine rings is 2. The van der Waals surface area contributed by atoms with Crippen molar-refractivity contribution in [3.05, 3.63) is 78.6 Å². The summed E-state index contributed by atoms with van der Waals surface area (Å²) in [5.74, 6) is 1.30. The average Bonchev–Trinajstić information content (AvgIpc) is 3.67. The highest BCUT2D eigenvalue weighted by Gasteiger charge is 2.20. The number of aromatic nitrogens is 9. The molecule has 0 spiro atoms. The molecule has 1 aliphatic heterocycles. The number of rotatable bonds is 5. The van der Waals surface area contributed by atoms with E-state index in [1.54, 1.807) is 12.4 Å². The second kappa shape index (κ2) is 9.45. The second-order valence-electron chi connectivity index (χ2n) is 8.89. The second-order valence-corrected chi connectivity index (χ2v) is 8.89. The molecule has 1 N–H and O–H groups in total. The number of hydrogen-bond acceptors (Lipinski definition) is 9.